The number of rotatable bonds is 4. The van der Waals surface area contributed by atoms with Crippen molar-refractivity contribution in [1.29, 1.82) is 0 Å². The second-order valence-corrected chi connectivity index (χ2v) is 4.48. The molecule has 3 unspecified atom stereocenters. The van der Waals surface area contributed by atoms with Crippen LogP contribution < -0.4 is 10.2 Å². The molecule has 0 aromatic carbocycles. The molecular formula is C11H20N4O2. The lowest BCUT2D eigenvalue weighted by molar-refractivity contribution is 0.117. The fourth-order valence-electron chi connectivity index (χ4n) is 2.04. The van der Waals surface area contributed by atoms with E-state index in [1.165, 1.54) is 0 Å². The van der Waals surface area contributed by atoms with Gasteiger partial charge in [0.15, 0.2) is 0 Å². The highest BCUT2D eigenvalue weighted by molar-refractivity contribution is 5.26. The molecule has 3 atom stereocenters. The fraction of sp³-hybridized carbons (Fsp3) is 0.818. The van der Waals surface area contributed by atoms with E-state index < -0.39 is 0 Å². The Balaban J connectivity index is 2.09. The Kier molecular flexibility index (Phi) is 3.63. The van der Waals surface area contributed by atoms with Gasteiger partial charge in [0.25, 0.3) is 0 Å². The van der Waals surface area contributed by atoms with Crippen LogP contribution >= 0.6 is 0 Å². The lowest BCUT2D eigenvalue weighted by atomic mass is 10.1. The standard InChI is InChI=1S/C11H20N4O2/c1-7(12-3)10-13-14-11(17-10)15(4)9-5-6-16-8(9)2/h7-9,12H,5-6H2,1-4H3. The Morgan fingerprint density at radius 1 is 1.47 bits per heavy atom. The van der Waals surface area contributed by atoms with Crippen molar-refractivity contribution in [2.45, 2.75) is 38.5 Å². The van der Waals surface area contributed by atoms with Crippen LogP contribution in [0.4, 0.5) is 6.01 Å². The maximum atomic E-state index is 5.64. The van der Waals surface area contributed by atoms with Crippen molar-refractivity contribution in [2.24, 2.45) is 0 Å². The maximum absolute atomic E-state index is 5.64. The van der Waals surface area contributed by atoms with E-state index >= 15 is 0 Å². The predicted molar refractivity (Wildman–Crippen MR) is 64.0 cm³/mol. The summed E-state index contributed by atoms with van der Waals surface area (Å²) in [5, 5.41) is 11.2. The van der Waals surface area contributed by atoms with Gasteiger partial charge in [-0.15, -0.1) is 5.10 Å². The number of anilines is 1. The van der Waals surface area contributed by atoms with Crippen molar-refractivity contribution in [3.05, 3.63) is 5.89 Å². The fourth-order valence-corrected chi connectivity index (χ4v) is 2.04. The van der Waals surface area contributed by atoms with E-state index in [-0.39, 0.29) is 12.1 Å². The number of hydrogen-bond donors (Lipinski definition) is 1. The van der Waals surface area contributed by atoms with E-state index in [9.17, 15) is 0 Å². The summed E-state index contributed by atoms with van der Waals surface area (Å²) in [6.45, 7) is 4.85. The van der Waals surface area contributed by atoms with Gasteiger partial charge >= 0.3 is 6.01 Å². The van der Waals surface area contributed by atoms with Crippen molar-refractivity contribution in [3.63, 3.8) is 0 Å². The van der Waals surface area contributed by atoms with Gasteiger partial charge in [0.1, 0.15) is 0 Å². The predicted octanol–water partition coefficient (Wildman–Crippen LogP) is 0.964. The molecule has 0 radical (unpaired) electrons. The molecule has 0 amide bonds. The highest BCUT2D eigenvalue weighted by atomic mass is 16.5. The van der Waals surface area contributed by atoms with E-state index in [0.717, 1.165) is 13.0 Å². The second kappa shape index (κ2) is 5.01. The van der Waals surface area contributed by atoms with Crippen LogP contribution in [-0.2, 0) is 4.74 Å². The molecule has 1 saturated heterocycles. The minimum Gasteiger partial charge on any atom is -0.406 e. The molecule has 96 valence electrons. The summed E-state index contributed by atoms with van der Waals surface area (Å²) in [5.74, 6) is 0.612. The molecular weight excluding hydrogens is 220 g/mol. The highest BCUT2D eigenvalue weighted by Gasteiger charge is 2.30. The normalized spacial score (nSPS) is 26.1. The first kappa shape index (κ1) is 12.3. The van der Waals surface area contributed by atoms with Gasteiger partial charge in [0.2, 0.25) is 5.89 Å². The van der Waals surface area contributed by atoms with Crippen molar-refractivity contribution in [1.82, 2.24) is 15.5 Å². The third kappa shape index (κ3) is 2.42. The molecule has 2 rings (SSSR count). The van der Waals surface area contributed by atoms with Gasteiger partial charge in [-0.2, -0.15) is 0 Å². The number of nitrogens with one attached hydrogen (secondary N) is 1. The van der Waals surface area contributed by atoms with Crippen molar-refractivity contribution >= 4 is 6.01 Å². The zero-order valence-electron chi connectivity index (χ0n) is 10.8. The van der Waals surface area contributed by atoms with Gasteiger partial charge in [-0.3, -0.25) is 0 Å². The first-order chi connectivity index (χ1) is 8.13. The molecule has 0 spiro atoms. The van der Waals surface area contributed by atoms with E-state index in [2.05, 4.69) is 22.4 Å². The Morgan fingerprint density at radius 3 is 2.82 bits per heavy atom. The second-order valence-electron chi connectivity index (χ2n) is 4.48. The number of nitrogens with zero attached hydrogens (tertiary/aromatic N) is 3. The van der Waals surface area contributed by atoms with Crippen molar-refractivity contribution < 1.29 is 9.15 Å². The van der Waals surface area contributed by atoms with Crippen LogP contribution in [0.2, 0.25) is 0 Å². The summed E-state index contributed by atoms with van der Waals surface area (Å²) in [6, 6.07) is 0.944. The molecule has 0 saturated carbocycles. The molecule has 1 N–H and O–H groups in total. The molecule has 1 aromatic rings. The quantitative estimate of drug-likeness (QED) is 0.846. The zero-order chi connectivity index (χ0) is 12.4. The Morgan fingerprint density at radius 2 is 2.24 bits per heavy atom. The van der Waals surface area contributed by atoms with E-state index in [1.807, 2.05) is 25.9 Å². The first-order valence-corrected chi connectivity index (χ1v) is 5.98. The van der Waals surface area contributed by atoms with Gasteiger partial charge in [-0.05, 0) is 27.3 Å². The summed E-state index contributed by atoms with van der Waals surface area (Å²) >= 11 is 0. The average molecular weight is 240 g/mol. The number of likely N-dealkylation sites (N-methyl/N-ethyl adjacent to an activating group) is 1. The van der Waals surface area contributed by atoms with Crippen LogP contribution in [0.3, 0.4) is 0 Å². The van der Waals surface area contributed by atoms with Crippen molar-refractivity contribution in [2.75, 3.05) is 25.6 Å². The van der Waals surface area contributed by atoms with Gasteiger partial charge in [-0.25, -0.2) is 0 Å². The lowest BCUT2D eigenvalue weighted by Gasteiger charge is -2.24. The van der Waals surface area contributed by atoms with Crippen LogP contribution in [0.15, 0.2) is 4.42 Å². The molecule has 1 fully saturated rings. The minimum atomic E-state index is 0.0712. The minimum absolute atomic E-state index is 0.0712. The van der Waals surface area contributed by atoms with E-state index in [0.29, 0.717) is 17.9 Å². The van der Waals surface area contributed by atoms with Gasteiger partial charge in [0.05, 0.1) is 18.2 Å². The molecule has 6 heteroatoms. The molecule has 0 aliphatic carbocycles. The van der Waals surface area contributed by atoms with Gasteiger partial charge < -0.3 is 19.4 Å². The first-order valence-electron chi connectivity index (χ1n) is 5.98. The molecule has 1 aliphatic heterocycles. The van der Waals surface area contributed by atoms with Crippen LogP contribution in [0.1, 0.15) is 32.2 Å². The summed E-state index contributed by atoms with van der Waals surface area (Å²) in [4.78, 5) is 2.01. The van der Waals surface area contributed by atoms with E-state index in [4.69, 9.17) is 9.15 Å². The molecule has 17 heavy (non-hydrogen) atoms. The molecule has 6 nitrogen and oxygen atoms in total. The number of ether oxygens (including phenoxy) is 1. The topological polar surface area (TPSA) is 63.4 Å². The lowest BCUT2D eigenvalue weighted by Crippen LogP contribution is -2.36. The zero-order valence-corrected chi connectivity index (χ0v) is 10.8. The monoisotopic (exact) mass is 240 g/mol. The third-order valence-electron chi connectivity index (χ3n) is 3.37. The number of aromatic nitrogens is 2. The van der Waals surface area contributed by atoms with Gasteiger partial charge in [0, 0.05) is 13.7 Å². The van der Waals surface area contributed by atoms with Crippen LogP contribution in [0, 0.1) is 0 Å². The maximum Gasteiger partial charge on any atom is 0.318 e. The van der Waals surface area contributed by atoms with Gasteiger partial charge in [-0.1, -0.05) is 5.10 Å². The van der Waals surface area contributed by atoms with Crippen LogP contribution in [0.25, 0.3) is 0 Å². The third-order valence-corrected chi connectivity index (χ3v) is 3.37. The average Bonchev–Trinajstić information content (AvgIpc) is 2.95. The Bertz CT molecular complexity index is 368. The summed E-state index contributed by atoms with van der Waals surface area (Å²) in [6.07, 6.45) is 1.20. The molecule has 1 aliphatic rings. The molecule has 2 heterocycles. The molecule has 1 aromatic heterocycles. The van der Waals surface area contributed by atoms with E-state index in [1.54, 1.807) is 0 Å². The summed E-state index contributed by atoms with van der Waals surface area (Å²) in [7, 11) is 3.84. The largest absolute Gasteiger partial charge is 0.406 e. The summed E-state index contributed by atoms with van der Waals surface area (Å²) < 4.78 is 11.2. The Labute approximate surface area is 101 Å². The van der Waals surface area contributed by atoms with Crippen LogP contribution in [0.5, 0.6) is 0 Å². The highest BCUT2D eigenvalue weighted by Crippen LogP contribution is 2.24. The van der Waals surface area contributed by atoms with Crippen LogP contribution in [-0.4, -0.2) is 43.0 Å². The number of hydrogen-bond acceptors (Lipinski definition) is 6. The van der Waals surface area contributed by atoms with Crippen molar-refractivity contribution in [3.8, 4) is 0 Å². The Hall–Kier alpha value is -1.14. The SMILES string of the molecule is CNC(C)c1nnc(N(C)C2CCOC2C)o1. The smallest absolute Gasteiger partial charge is 0.318 e. The summed E-state index contributed by atoms with van der Waals surface area (Å²) in [5.41, 5.74) is 0. The molecule has 0 bridgehead atoms.